The molecule has 0 fully saturated rings. The lowest BCUT2D eigenvalue weighted by Crippen LogP contribution is -2.66. The summed E-state index contributed by atoms with van der Waals surface area (Å²) in [6.45, 7) is 8.37. The van der Waals surface area contributed by atoms with Gasteiger partial charge in [-0.1, -0.05) is 45.0 Å². The zero-order valence-electron chi connectivity index (χ0n) is 12.6. The van der Waals surface area contributed by atoms with E-state index in [2.05, 4.69) is 9.58 Å². The lowest BCUT2D eigenvalue weighted by Gasteiger charge is -2.45. The Balaban J connectivity index is 3.29. The Kier molecular flexibility index (Phi) is 5.07. The van der Waals surface area contributed by atoms with E-state index in [0.717, 1.165) is 20.8 Å². The van der Waals surface area contributed by atoms with Crippen LogP contribution in [0.25, 0.3) is 4.85 Å². The van der Waals surface area contributed by atoms with Crippen LogP contribution in [0.2, 0.25) is 0 Å². The molecule has 0 heterocycles. The molecule has 128 valence electrons. The van der Waals surface area contributed by atoms with Crippen LogP contribution in [0.4, 0.5) is 32.0 Å². The minimum absolute atomic E-state index is 0.0561. The first-order chi connectivity index (χ1) is 10.3. The highest BCUT2D eigenvalue weighted by molar-refractivity contribution is 5.46. The summed E-state index contributed by atoms with van der Waals surface area (Å²) in [6.07, 6.45) is -11.3. The molecule has 0 unspecified atom stereocenters. The molecule has 0 aliphatic carbocycles. The van der Waals surface area contributed by atoms with Crippen molar-refractivity contribution in [1.29, 1.82) is 0 Å². The van der Waals surface area contributed by atoms with Crippen molar-refractivity contribution in [3.63, 3.8) is 0 Å². The first-order valence-corrected chi connectivity index (χ1v) is 6.50. The highest BCUT2D eigenvalue weighted by atomic mass is 19.4. The minimum atomic E-state index is -5.65. The van der Waals surface area contributed by atoms with Gasteiger partial charge in [-0.3, -0.25) is 0 Å². The van der Waals surface area contributed by atoms with Crippen molar-refractivity contribution in [2.24, 2.45) is 5.41 Å². The molecule has 1 aromatic rings. The molecule has 0 saturated heterocycles. The van der Waals surface area contributed by atoms with E-state index in [-0.39, 0.29) is 11.3 Å². The molecule has 0 spiro atoms. The van der Waals surface area contributed by atoms with E-state index in [4.69, 9.17) is 6.57 Å². The van der Waals surface area contributed by atoms with E-state index >= 15 is 0 Å². The molecule has 1 rings (SSSR count). The van der Waals surface area contributed by atoms with E-state index < -0.39 is 30.0 Å². The maximum Gasteiger partial charge on any atom is 0.427 e. The van der Waals surface area contributed by atoms with Crippen LogP contribution < -0.4 is 0 Å². The lowest BCUT2D eigenvalue weighted by atomic mass is 9.75. The molecule has 0 aliphatic rings. The summed E-state index contributed by atoms with van der Waals surface area (Å²) in [7, 11) is 0. The van der Waals surface area contributed by atoms with Crippen LogP contribution in [0, 0.1) is 12.0 Å². The van der Waals surface area contributed by atoms with Crippen molar-refractivity contribution < 1.29 is 31.1 Å². The number of benzene rings is 1. The third kappa shape index (κ3) is 3.61. The fraction of sp³-hybridized carbons (Fsp3) is 0.533. The summed E-state index contributed by atoms with van der Waals surface area (Å²) >= 11 is 0. The predicted octanol–water partition coefficient (Wildman–Crippen LogP) is 5.66. The fourth-order valence-electron chi connectivity index (χ4n) is 2.30. The van der Waals surface area contributed by atoms with Crippen molar-refractivity contribution in [3.05, 3.63) is 41.2 Å². The summed E-state index contributed by atoms with van der Waals surface area (Å²) in [5.41, 5.74) is -6.44. The second-order valence-electron chi connectivity index (χ2n) is 6.00. The van der Waals surface area contributed by atoms with Gasteiger partial charge in [-0.05, 0) is 5.56 Å². The van der Waals surface area contributed by atoms with E-state index in [1.54, 1.807) is 0 Å². The summed E-state index contributed by atoms with van der Waals surface area (Å²) in [5, 5.41) is 0. The van der Waals surface area contributed by atoms with Gasteiger partial charge in [-0.2, -0.15) is 26.3 Å². The molecule has 0 amide bonds. The summed E-state index contributed by atoms with van der Waals surface area (Å²) < 4.78 is 84.4. The van der Waals surface area contributed by atoms with E-state index in [9.17, 15) is 26.3 Å². The van der Waals surface area contributed by atoms with Crippen LogP contribution >= 0.6 is 0 Å². The third-order valence-electron chi connectivity index (χ3n) is 3.35. The minimum Gasteiger partial charge on any atom is -0.353 e. The first kappa shape index (κ1) is 19.3. The van der Waals surface area contributed by atoms with Gasteiger partial charge in [-0.15, -0.1) is 0 Å². The van der Waals surface area contributed by atoms with Crippen LogP contribution in [-0.2, 0) is 11.3 Å². The number of halogens is 6. The number of hydrogen-bond acceptors (Lipinski definition) is 1. The third-order valence-corrected chi connectivity index (χ3v) is 3.35. The smallest absolute Gasteiger partial charge is 0.353 e. The summed E-state index contributed by atoms with van der Waals surface area (Å²) in [4.78, 5) is 3.07. The molecular formula is C15H15F6NO. The van der Waals surface area contributed by atoms with Crippen molar-refractivity contribution in [2.75, 3.05) is 0 Å². The average Bonchev–Trinajstić information content (AvgIpc) is 2.34. The van der Waals surface area contributed by atoms with Gasteiger partial charge in [0.15, 0.2) is 5.69 Å². The van der Waals surface area contributed by atoms with Gasteiger partial charge < -0.3 is 4.74 Å². The van der Waals surface area contributed by atoms with Crippen LogP contribution in [0.1, 0.15) is 26.3 Å². The molecule has 0 radical (unpaired) electrons. The zero-order chi connectivity index (χ0) is 18.1. The summed E-state index contributed by atoms with van der Waals surface area (Å²) in [5.74, 6) is 0. The van der Waals surface area contributed by atoms with Gasteiger partial charge in [0.05, 0.1) is 13.2 Å². The van der Waals surface area contributed by atoms with Crippen LogP contribution in [0.3, 0.4) is 0 Å². The van der Waals surface area contributed by atoms with Gasteiger partial charge in [-0.25, -0.2) is 4.85 Å². The topological polar surface area (TPSA) is 13.6 Å². The average molecular weight is 339 g/mol. The molecule has 23 heavy (non-hydrogen) atoms. The molecule has 0 saturated carbocycles. The monoisotopic (exact) mass is 339 g/mol. The second-order valence-corrected chi connectivity index (χ2v) is 6.00. The maximum absolute atomic E-state index is 13.3. The zero-order valence-corrected chi connectivity index (χ0v) is 12.6. The van der Waals surface area contributed by atoms with E-state index in [0.29, 0.717) is 0 Å². The lowest BCUT2D eigenvalue weighted by molar-refractivity contribution is -0.413. The standard InChI is InChI=1S/C15H15F6NO/c1-12(2,3)13(14(16,17)18,15(19,20)21)23-9-10-6-5-7-11(8-10)22-4/h5-8H,9H2,1-3H3. The number of hydrogen-bond donors (Lipinski definition) is 0. The number of rotatable bonds is 3. The molecule has 1 aromatic carbocycles. The Bertz CT molecular complexity index is 556. The van der Waals surface area contributed by atoms with Crippen LogP contribution in [0.5, 0.6) is 0 Å². The molecule has 0 aliphatic heterocycles. The fourth-order valence-corrected chi connectivity index (χ4v) is 2.30. The maximum atomic E-state index is 13.3. The number of nitrogens with zero attached hydrogens (tertiary/aromatic N) is 1. The number of alkyl halides is 6. The Morgan fingerprint density at radius 2 is 1.52 bits per heavy atom. The van der Waals surface area contributed by atoms with Crippen LogP contribution in [0.15, 0.2) is 24.3 Å². The normalized spacial score (nSPS) is 13.7. The molecule has 0 bridgehead atoms. The first-order valence-electron chi connectivity index (χ1n) is 6.50. The quantitative estimate of drug-likeness (QED) is 0.511. The SMILES string of the molecule is [C-]#[N+]c1cccc(COC(C(C)(C)C)(C(F)(F)F)C(F)(F)F)c1. The van der Waals surface area contributed by atoms with Crippen LogP contribution in [-0.4, -0.2) is 18.0 Å². The molecular weight excluding hydrogens is 324 g/mol. The molecule has 2 nitrogen and oxygen atoms in total. The summed E-state index contributed by atoms with van der Waals surface area (Å²) in [6, 6.07) is 5.25. The number of ether oxygens (including phenoxy) is 1. The van der Waals surface area contributed by atoms with Crippen molar-refractivity contribution >= 4 is 5.69 Å². The van der Waals surface area contributed by atoms with Crippen molar-refractivity contribution in [1.82, 2.24) is 0 Å². The van der Waals surface area contributed by atoms with Crippen molar-refractivity contribution in [2.45, 2.75) is 45.3 Å². The molecule has 0 atom stereocenters. The Hall–Kier alpha value is -1.75. The van der Waals surface area contributed by atoms with Crippen molar-refractivity contribution in [3.8, 4) is 0 Å². The van der Waals surface area contributed by atoms with Gasteiger partial charge in [0.25, 0.3) is 5.60 Å². The second kappa shape index (κ2) is 6.04. The predicted molar refractivity (Wildman–Crippen MR) is 71.8 cm³/mol. The molecule has 0 aromatic heterocycles. The Labute approximate surface area is 129 Å². The van der Waals surface area contributed by atoms with E-state index in [1.807, 2.05) is 0 Å². The molecule has 8 heteroatoms. The Morgan fingerprint density at radius 3 is 1.91 bits per heavy atom. The van der Waals surface area contributed by atoms with Gasteiger partial charge >= 0.3 is 12.4 Å². The van der Waals surface area contributed by atoms with Gasteiger partial charge in [0.2, 0.25) is 0 Å². The highest BCUT2D eigenvalue weighted by Gasteiger charge is 2.77. The molecule has 0 N–H and O–H groups in total. The van der Waals surface area contributed by atoms with E-state index in [1.165, 1.54) is 24.3 Å². The van der Waals surface area contributed by atoms with Gasteiger partial charge in [0.1, 0.15) is 0 Å². The highest BCUT2D eigenvalue weighted by Crippen LogP contribution is 2.55. The van der Waals surface area contributed by atoms with Gasteiger partial charge in [0, 0.05) is 5.41 Å². The Morgan fingerprint density at radius 1 is 1.00 bits per heavy atom. The largest absolute Gasteiger partial charge is 0.427 e.